The summed E-state index contributed by atoms with van der Waals surface area (Å²) in [5.74, 6) is -0.0381. The van der Waals surface area contributed by atoms with Crippen LogP contribution < -0.4 is 4.74 Å². The summed E-state index contributed by atoms with van der Waals surface area (Å²) in [5.41, 5.74) is 0.800. The van der Waals surface area contributed by atoms with Crippen molar-refractivity contribution in [3.63, 3.8) is 0 Å². The molecule has 0 aliphatic carbocycles. The Morgan fingerprint density at radius 1 is 1.33 bits per heavy atom. The van der Waals surface area contributed by atoms with Gasteiger partial charge in [0.05, 0.1) is 6.20 Å². The van der Waals surface area contributed by atoms with E-state index in [1.165, 1.54) is 23.0 Å². The largest absolute Gasteiger partial charge is 0.434 e. The first-order chi connectivity index (χ1) is 8.58. The Balaban J connectivity index is 2.32. The lowest BCUT2D eigenvalue weighted by atomic mass is 10.0. The molecule has 0 saturated heterocycles. The maximum atomic E-state index is 12.3. The van der Waals surface area contributed by atoms with Crippen LogP contribution in [-0.4, -0.2) is 21.5 Å². The molecule has 1 N–H and O–H groups in total. The number of ether oxygens (including phenoxy) is 1. The zero-order valence-electron chi connectivity index (χ0n) is 9.62. The topological polar surface area (TPSA) is 47.3 Å². The van der Waals surface area contributed by atoms with Gasteiger partial charge in [0.25, 0.3) is 0 Å². The standard InChI is InChI=1S/C12H12F2N2O2/c1-16-7-8(6-15-16)11(17)9-4-2-3-5-10(9)18-12(13)14/h2-7,11-12,17H,1H3. The monoisotopic (exact) mass is 254 g/mol. The van der Waals surface area contributed by atoms with Crippen molar-refractivity contribution in [1.29, 1.82) is 0 Å². The van der Waals surface area contributed by atoms with Crippen molar-refractivity contribution >= 4 is 0 Å². The third-order valence-corrected chi connectivity index (χ3v) is 2.47. The quantitative estimate of drug-likeness (QED) is 0.909. The van der Waals surface area contributed by atoms with Gasteiger partial charge >= 0.3 is 6.61 Å². The molecule has 0 bridgehead atoms. The normalized spacial score (nSPS) is 12.7. The minimum atomic E-state index is -2.92. The smallest absolute Gasteiger partial charge is 0.387 e. The predicted molar refractivity (Wildman–Crippen MR) is 60.3 cm³/mol. The van der Waals surface area contributed by atoms with Crippen molar-refractivity contribution in [2.45, 2.75) is 12.7 Å². The number of para-hydroxylation sites is 1. The summed E-state index contributed by atoms with van der Waals surface area (Å²) in [6.45, 7) is -2.92. The van der Waals surface area contributed by atoms with E-state index >= 15 is 0 Å². The molecule has 1 aromatic heterocycles. The summed E-state index contributed by atoms with van der Waals surface area (Å²) >= 11 is 0. The molecule has 6 heteroatoms. The molecule has 18 heavy (non-hydrogen) atoms. The van der Waals surface area contributed by atoms with Crippen molar-refractivity contribution in [3.05, 3.63) is 47.8 Å². The highest BCUT2D eigenvalue weighted by molar-refractivity contribution is 5.39. The van der Waals surface area contributed by atoms with Crippen molar-refractivity contribution in [1.82, 2.24) is 9.78 Å². The molecule has 0 saturated carbocycles. The van der Waals surface area contributed by atoms with Crippen molar-refractivity contribution in [2.75, 3.05) is 0 Å². The molecule has 0 fully saturated rings. The summed E-state index contributed by atoms with van der Waals surface area (Å²) in [4.78, 5) is 0. The first kappa shape index (κ1) is 12.5. The fourth-order valence-corrected chi connectivity index (χ4v) is 1.67. The lowest BCUT2D eigenvalue weighted by Gasteiger charge is -2.14. The van der Waals surface area contributed by atoms with Gasteiger partial charge in [-0.3, -0.25) is 4.68 Å². The lowest BCUT2D eigenvalue weighted by Crippen LogP contribution is -2.07. The summed E-state index contributed by atoms with van der Waals surface area (Å²) in [6.07, 6.45) is 2.04. The lowest BCUT2D eigenvalue weighted by molar-refractivity contribution is -0.0512. The number of alkyl halides is 2. The van der Waals surface area contributed by atoms with Crippen molar-refractivity contribution in [3.8, 4) is 5.75 Å². The number of benzene rings is 1. The molecular formula is C12H12F2N2O2. The van der Waals surface area contributed by atoms with Crippen molar-refractivity contribution < 1.29 is 18.6 Å². The van der Waals surface area contributed by atoms with E-state index < -0.39 is 12.7 Å². The van der Waals surface area contributed by atoms with E-state index in [0.29, 0.717) is 5.56 Å². The highest BCUT2D eigenvalue weighted by Crippen LogP contribution is 2.30. The minimum absolute atomic E-state index is 0.0381. The van der Waals surface area contributed by atoms with Crippen LogP contribution in [0.3, 0.4) is 0 Å². The Morgan fingerprint density at radius 2 is 2.06 bits per heavy atom. The Kier molecular flexibility index (Phi) is 3.57. The SMILES string of the molecule is Cn1cc(C(O)c2ccccc2OC(F)F)cn1. The van der Waals surface area contributed by atoms with Crippen LogP contribution >= 0.6 is 0 Å². The van der Waals surface area contributed by atoms with Gasteiger partial charge < -0.3 is 9.84 Å². The maximum absolute atomic E-state index is 12.3. The van der Waals surface area contributed by atoms with E-state index in [1.807, 2.05) is 0 Å². The number of halogens is 2. The number of aliphatic hydroxyl groups excluding tert-OH is 1. The van der Waals surface area contributed by atoms with Gasteiger partial charge in [0.15, 0.2) is 0 Å². The number of aliphatic hydroxyl groups is 1. The molecule has 0 aliphatic heterocycles. The molecule has 0 radical (unpaired) electrons. The summed E-state index contributed by atoms with van der Waals surface area (Å²) in [7, 11) is 1.71. The van der Waals surface area contributed by atoms with Gasteiger partial charge in [-0.05, 0) is 6.07 Å². The molecule has 1 aromatic carbocycles. The number of aryl methyl sites for hydroxylation is 1. The van der Waals surface area contributed by atoms with Gasteiger partial charge in [0.1, 0.15) is 11.9 Å². The zero-order valence-corrected chi connectivity index (χ0v) is 9.62. The number of nitrogens with zero attached hydrogens (tertiary/aromatic N) is 2. The third kappa shape index (κ3) is 2.65. The molecule has 96 valence electrons. The molecule has 1 atom stereocenters. The fourth-order valence-electron chi connectivity index (χ4n) is 1.67. The molecule has 1 unspecified atom stereocenters. The van der Waals surface area contributed by atoms with E-state index in [0.717, 1.165) is 0 Å². The van der Waals surface area contributed by atoms with Gasteiger partial charge in [0, 0.05) is 24.4 Å². The van der Waals surface area contributed by atoms with E-state index in [4.69, 9.17) is 0 Å². The molecule has 0 spiro atoms. The molecular weight excluding hydrogens is 242 g/mol. The van der Waals surface area contributed by atoms with Crippen LogP contribution in [0.15, 0.2) is 36.7 Å². The summed E-state index contributed by atoms with van der Waals surface area (Å²) in [6, 6.07) is 6.14. The highest BCUT2D eigenvalue weighted by atomic mass is 19.3. The second kappa shape index (κ2) is 5.14. The van der Waals surface area contributed by atoms with Gasteiger partial charge in [0.2, 0.25) is 0 Å². The number of rotatable bonds is 4. The van der Waals surface area contributed by atoms with E-state index in [-0.39, 0.29) is 11.3 Å². The molecule has 1 heterocycles. The van der Waals surface area contributed by atoms with Crippen LogP contribution in [0.1, 0.15) is 17.2 Å². The van der Waals surface area contributed by atoms with Crippen LogP contribution in [0.4, 0.5) is 8.78 Å². The molecule has 0 amide bonds. The third-order valence-electron chi connectivity index (χ3n) is 2.47. The Labute approximate surface area is 102 Å². The first-order valence-corrected chi connectivity index (χ1v) is 5.28. The Morgan fingerprint density at radius 3 is 2.67 bits per heavy atom. The molecule has 2 rings (SSSR count). The minimum Gasteiger partial charge on any atom is -0.434 e. The molecule has 4 nitrogen and oxygen atoms in total. The average molecular weight is 254 g/mol. The number of hydrogen-bond donors (Lipinski definition) is 1. The van der Waals surface area contributed by atoms with E-state index in [9.17, 15) is 13.9 Å². The van der Waals surface area contributed by atoms with Gasteiger partial charge in [-0.25, -0.2) is 0 Å². The average Bonchev–Trinajstić information content (AvgIpc) is 2.75. The molecule has 2 aromatic rings. The number of aromatic nitrogens is 2. The second-order valence-corrected chi connectivity index (χ2v) is 3.77. The zero-order chi connectivity index (χ0) is 13.1. The van der Waals surface area contributed by atoms with Crippen LogP contribution in [0, 0.1) is 0 Å². The fraction of sp³-hybridized carbons (Fsp3) is 0.250. The van der Waals surface area contributed by atoms with Gasteiger partial charge in [-0.15, -0.1) is 0 Å². The summed E-state index contributed by atoms with van der Waals surface area (Å²) in [5, 5.41) is 14.0. The Bertz CT molecular complexity index is 528. The van der Waals surface area contributed by atoms with Gasteiger partial charge in [-0.2, -0.15) is 13.9 Å². The van der Waals surface area contributed by atoms with Crippen LogP contribution in [0.2, 0.25) is 0 Å². The number of hydrogen-bond acceptors (Lipinski definition) is 3. The van der Waals surface area contributed by atoms with E-state index in [2.05, 4.69) is 9.84 Å². The maximum Gasteiger partial charge on any atom is 0.387 e. The van der Waals surface area contributed by atoms with E-state index in [1.54, 1.807) is 25.4 Å². The van der Waals surface area contributed by atoms with Crippen LogP contribution in [0.5, 0.6) is 5.75 Å². The highest BCUT2D eigenvalue weighted by Gasteiger charge is 2.18. The van der Waals surface area contributed by atoms with Crippen LogP contribution in [-0.2, 0) is 7.05 Å². The molecule has 0 aliphatic rings. The Hall–Kier alpha value is -1.95. The summed E-state index contributed by atoms with van der Waals surface area (Å²) < 4.78 is 30.4. The predicted octanol–water partition coefficient (Wildman–Crippen LogP) is 2.10. The van der Waals surface area contributed by atoms with Gasteiger partial charge in [-0.1, -0.05) is 18.2 Å². The second-order valence-electron chi connectivity index (χ2n) is 3.77. The first-order valence-electron chi connectivity index (χ1n) is 5.28. The van der Waals surface area contributed by atoms with Crippen molar-refractivity contribution in [2.24, 2.45) is 7.05 Å². The van der Waals surface area contributed by atoms with Crippen LogP contribution in [0.25, 0.3) is 0 Å².